The minimum absolute atomic E-state index is 0.158. The second kappa shape index (κ2) is 8.02. The molecule has 3 rings (SSSR count). The highest BCUT2D eigenvalue weighted by Gasteiger charge is 2.18. The Balaban J connectivity index is 1.75. The van der Waals surface area contributed by atoms with Crippen LogP contribution in [0.3, 0.4) is 0 Å². The maximum absolute atomic E-state index is 12.5. The molecule has 2 aromatic rings. The number of aryl methyl sites for hydroxylation is 1. The zero-order chi connectivity index (χ0) is 17.8. The fourth-order valence-corrected chi connectivity index (χ4v) is 3.25. The third-order valence-electron chi connectivity index (χ3n) is 4.20. The van der Waals surface area contributed by atoms with Crippen LogP contribution in [0.5, 0.6) is 0 Å². The number of amides is 1. The summed E-state index contributed by atoms with van der Waals surface area (Å²) in [5, 5.41) is 7.06. The van der Waals surface area contributed by atoms with Gasteiger partial charge in [-0.2, -0.15) is 0 Å². The smallest absolute Gasteiger partial charge is 0.270 e. The highest BCUT2D eigenvalue weighted by atomic mass is 35.5. The first-order chi connectivity index (χ1) is 12.0. The Morgan fingerprint density at radius 2 is 1.84 bits per heavy atom. The van der Waals surface area contributed by atoms with Crippen LogP contribution in [0, 0.1) is 6.92 Å². The Morgan fingerprint density at radius 1 is 1.08 bits per heavy atom. The van der Waals surface area contributed by atoms with Crippen molar-refractivity contribution in [3.63, 3.8) is 0 Å². The van der Waals surface area contributed by atoms with E-state index in [2.05, 4.69) is 20.6 Å². The Hall–Kier alpha value is -1.85. The van der Waals surface area contributed by atoms with Crippen LogP contribution in [0.1, 0.15) is 48.3 Å². The summed E-state index contributed by atoms with van der Waals surface area (Å²) in [7, 11) is 0. The summed E-state index contributed by atoms with van der Waals surface area (Å²) in [6, 6.07) is 7.10. The standard InChI is InChI=1S/C18H20Cl2N4O/c1-11-9-16(17(25)22-12-5-3-2-4-6-12)24-18(21-11)23-13-7-8-14(19)15(20)10-13/h7-10,12H,2-6H2,1H3,(H,22,25)(H,21,23,24). The van der Waals surface area contributed by atoms with Crippen LogP contribution >= 0.6 is 23.2 Å². The number of hydrogen-bond donors (Lipinski definition) is 2. The van der Waals surface area contributed by atoms with Crippen LogP contribution in [0.25, 0.3) is 0 Å². The molecule has 0 saturated heterocycles. The predicted octanol–water partition coefficient (Wildman–Crippen LogP) is 4.90. The van der Waals surface area contributed by atoms with Gasteiger partial charge in [-0.3, -0.25) is 4.79 Å². The molecule has 25 heavy (non-hydrogen) atoms. The zero-order valence-electron chi connectivity index (χ0n) is 14.0. The van der Waals surface area contributed by atoms with Crippen molar-refractivity contribution in [2.75, 3.05) is 5.32 Å². The van der Waals surface area contributed by atoms with Gasteiger partial charge in [-0.05, 0) is 44.0 Å². The lowest BCUT2D eigenvalue weighted by Gasteiger charge is -2.22. The maximum Gasteiger partial charge on any atom is 0.270 e. The number of benzene rings is 1. The summed E-state index contributed by atoms with van der Waals surface area (Å²) < 4.78 is 0. The van der Waals surface area contributed by atoms with Crippen LogP contribution in [0.4, 0.5) is 11.6 Å². The largest absolute Gasteiger partial charge is 0.348 e. The number of nitrogens with zero attached hydrogens (tertiary/aromatic N) is 2. The summed E-state index contributed by atoms with van der Waals surface area (Å²) in [6.45, 7) is 1.83. The minimum atomic E-state index is -0.158. The molecule has 1 aliphatic carbocycles. The van der Waals surface area contributed by atoms with E-state index >= 15 is 0 Å². The first-order valence-electron chi connectivity index (χ1n) is 8.40. The molecule has 7 heteroatoms. The SMILES string of the molecule is Cc1cc(C(=O)NC2CCCCC2)nc(Nc2ccc(Cl)c(Cl)c2)n1. The Bertz CT molecular complexity index is 776. The third kappa shape index (κ3) is 4.83. The van der Waals surface area contributed by atoms with E-state index in [4.69, 9.17) is 23.2 Å². The average molecular weight is 379 g/mol. The van der Waals surface area contributed by atoms with Gasteiger partial charge in [0, 0.05) is 17.4 Å². The van der Waals surface area contributed by atoms with Crippen LogP contribution in [0.2, 0.25) is 10.0 Å². The van der Waals surface area contributed by atoms with Crippen molar-refractivity contribution in [2.24, 2.45) is 0 Å². The summed E-state index contributed by atoms with van der Waals surface area (Å²) in [4.78, 5) is 21.2. The highest BCUT2D eigenvalue weighted by Crippen LogP contribution is 2.26. The van der Waals surface area contributed by atoms with Gasteiger partial charge in [0.05, 0.1) is 10.0 Å². The fraction of sp³-hybridized carbons (Fsp3) is 0.389. The molecular weight excluding hydrogens is 359 g/mol. The molecular formula is C18H20Cl2N4O. The quantitative estimate of drug-likeness (QED) is 0.793. The van der Waals surface area contributed by atoms with Crippen LogP contribution in [0.15, 0.2) is 24.3 Å². The number of anilines is 2. The molecule has 0 bridgehead atoms. The van der Waals surface area contributed by atoms with Crippen molar-refractivity contribution < 1.29 is 4.79 Å². The number of halogens is 2. The molecule has 132 valence electrons. The molecule has 0 aliphatic heterocycles. The lowest BCUT2D eigenvalue weighted by atomic mass is 9.95. The predicted molar refractivity (Wildman–Crippen MR) is 101 cm³/mol. The van der Waals surface area contributed by atoms with Gasteiger partial charge in [0.25, 0.3) is 5.91 Å². The topological polar surface area (TPSA) is 66.9 Å². The Labute approximate surface area is 157 Å². The van der Waals surface area contributed by atoms with Gasteiger partial charge in [0.15, 0.2) is 0 Å². The molecule has 0 radical (unpaired) electrons. The first kappa shape index (κ1) is 18.0. The van der Waals surface area contributed by atoms with Crippen molar-refractivity contribution in [3.8, 4) is 0 Å². The molecule has 0 atom stereocenters. The van der Waals surface area contributed by atoms with Gasteiger partial charge < -0.3 is 10.6 Å². The third-order valence-corrected chi connectivity index (χ3v) is 4.94. The van der Waals surface area contributed by atoms with E-state index in [1.807, 2.05) is 6.92 Å². The van der Waals surface area contributed by atoms with E-state index in [0.29, 0.717) is 33.1 Å². The molecule has 1 aromatic carbocycles. The number of nitrogens with one attached hydrogen (secondary N) is 2. The van der Waals surface area contributed by atoms with Gasteiger partial charge >= 0.3 is 0 Å². The van der Waals surface area contributed by atoms with E-state index in [1.165, 1.54) is 6.42 Å². The maximum atomic E-state index is 12.5. The summed E-state index contributed by atoms with van der Waals surface area (Å²) in [5.41, 5.74) is 1.78. The first-order valence-corrected chi connectivity index (χ1v) is 9.15. The average Bonchev–Trinajstić information content (AvgIpc) is 2.58. The van der Waals surface area contributed by atoms with Crippen LogP contribution in [-0.4, -0.2) is 21.9 Å². The minimum Gasteiger partial charge on any atom is -0.348 e. The number of hydrogen-bond acceptors (Lipinski definition) is 4. The molecule has 0 unspecified atom stereocenters. The Morgan fingerprint density at radius 3 is 2.56 bits per heavy atom. The normalized spacial score (nSPS) is 15.0. The van der Waals surface area contributed by atoms with Crippen molar-refractivity contribution in [2.45, 2.75) is 45.1 Å². The molecule has 1 aromatic heterocycles. The second-order valence-corrected chi connectivity index (χ2v) is 7.09. The molecule has 1 heterocycles. The summed E-state index contributed by atoms with van der Waals surface area (Å²) in [6.07, 6.45) is 5.64. The Kier molecular flexibility index (Phi) is 5.76. The van der Waals surface area contributed by atoms with E-state index in [-0.39, 0.29) is 11.9 Å². The van der Waals surface area contributed by atoms with Gasteiger partial charge in [-0.1, -0.05) is 42.5 Å². The molecule has 1 saturated carbocycles. The molecule has 0 spiro atoms. The lowest BCUT2D eigenvalue weighted by Crippen LogP contribution is -2.36. The molecule has 1 fully saturated rings. The number of carbonyl (C=O) groups is 1. The fourth-order valence-electron chi connectivity index (χ4n) is 2.95. The van der Waals surface area contributed by atoms with E-state index in [0.717, 1.165) is 25.7 Å². The van der Waals surface area contributed by atoms with Crippen molar-refractivity contribution in [3.05, 3.63) is 45.7 Å². The number of carbonyl (C=O) groups excluding carboxylic acids is 1. The van der Waals surface area contributed by atoms with Crippen LogP contribution in [-0.2, 0) is 0 Å². The van der Waals surface area contributed by atoms with E-state index in [1.54, 1.807) is 24.3 Å². The van der Waals surface area contributed by atoms with Gasteiger partial charge in [0.2, 0.25) is 5.95 Å². The van der Waals surface area contributed by atoms with Crippen molar-refractivity contribution >= 4 is 40.7 Å². The number of aromatic nitrogens is 2. The van der Waals surface area contributed by atoms with Gasteiger partial charge in [-0.25, -0.2) is 9.97 Å². The lowest BCUT2D eigenvalue weighted by molar-refractivity contribution is 0.0922. The molecule has 5 nitrogen and oxygen atoms in total. The zero-order valence-corrected chi connectivity index (χ0v) is 15.5. The molecule has 1 aliphatic rings. The van der Waals surface area contributed by atoms with Crippen molar-refractivity contribution in [1.29, 1.82) is 0 Å². The summed E-state index contributed by atoms with van der Waals surface area (Å²) >= 11 is 11.9. The monoisotopic (exact) mass is 378 g/mol. The van der Waals surface area contributed by atoms with Crippen molar-refractivity contribution in [1.82, 2.24) is 15.3 Å². The van der Waals surface area contributed by atoms with E-state index < -0.39 is 0 Å². The van der Waals surface area contributed by atoms with Gasteiger partial charge in [0.1, 0.15) is 5.69 Å². The van der Waals surface area contributed by atoms with E-state index in [9.17, 15) is 4.79 Å². The molecule has 1 amide bonds. The van der Waals surface area contributed by atoms with Gasteiger partial charge in [-0.15, -0.1) is 0 Å². The number of rotatable bonds is 4. The summed E-state index contributed by atoms with van der Waals surface area (Å²) in [5.74, 6) is 0.196. The van der Waals surface area contributed by atoms with Crippen LogP contribution < -0.4 is 10.6 Å². The second-order valence-electron chi connectivity index (χ2n) is 6.28. The molecule has 2 N–H and O–H groups in total. The highest BCUT2D eigenvalue weighted by molar-refractivity contribution is 6.42.